The molecule has 4 rings (SSSR count). The van der Waals surface area contributed by atoms with Gasteiger partial charge < -0.3 is 15.1 Å². The smallest absolute Gasteiger partial charge is 0.334 e. The molecule has 1 N–H and O–H groups in total. The molecule has 0 spiro atoms. The first-order chi connectivity index (χ1) is 16.1. The molecule has 2 aliphatic heterocycles. The molecule has 2 aliphatic rings. The zero-order valence-corrected chi connectivity index (χ0v) is 18.3. The van der Waals surface area contributed by atoms with Gasteiger partial charge in [-0.15, -0.1) is 0 Å². The number of aromatic nitrogens is 3. The van der Waals surface area contributed by atoms with Gasteiger partial charge in [-0.05, 0) is 31.5 Å². The van der Waals surface area contributed by atoms with E-state index >= 15 is 0 Å². The molecular formula is C22H24F5N7. The van der Waals surface area contributed by atoms with Crippen LogP contribution in [0.4, 0.5) is 39.5 Å². The third kappa shape index (κ3) is 5.88. The van der Waals surface area contributed by atoms with Gasteiger partial charge in [0.25, 0.3) is 5.92 Å². The van der Waals surface area contributed by atoms with Crippen molar-refractivity contribution in [2.45, 2.75) is 43.7 Å². The van der Waals surface area contributed by atoms with Gasteiger partial charge in [0.2, 0.25) is 5.95 Å². The van der Waals surface area contributed by atoms with E-state index in [9.17, 15) is 22.0 Å². The quantitative estimate of drug-likeness (QED) is 0.606. The molecule has 0 radical (unpaired) electrons. The summed E-state index contributed by atoms with van der Waals surface area (Å²) in [5.41, 5.74) is -0.240. The molecule has 1 atom stereocenters. The Hall–Kier alpha value is -3.07. The highest BCUT2D eigenvalue weighted by Crippen LogP contribution is 2.34. The minimum Gasteiger partial charge on any atom is -0.334 e. The average Bonchev–Trinajstić information content (AvgIpc) is 3.17. The molecule has 2 aromatic heterocycles. The lowest BCUT2D eigenvalue weighted by Gasteiger charge is -2.32. The van der Waals surface area contributed by atoms with Crippen LogP contribution in [0.25, 0.3) is 0 Å². The number of anilines is 3. The standard InChI is InChI=1S/C22H24F5N7/c23-21(24)5-10-34(14-21)20-30-17(15-3-1-8-33(13-15)9-2-6-28)12-19(32-20)31-18-11-16(4-7-29-18)22(25,26)27/h4,7,11-12,15H,1-3,5,8-10,13-14H2,(H,29,30,31,32). The molecule has 34 heavy (non-hydrogen) atoms. The fourth-order valence-corrected chi connectivity index (χ4v) is 4.29. The summed E-state index contributed by atoms with van der Waals surface area (Å²) < 4.78 is 67.0. The average molecular weight is 481 g/mol. The maximum Gasteiger partial charge on any atom is 0.416 e. The van der Waals surface area contributed by atoms with E-state index in [1.54, 1.807) is 6.07 Å². The lowest BCUT2D eigenvalue weighted by atomic mass is 9.94. The second-order valence-electron chi connectivity index (χ2n) is 8.61. The van der Waals surface area contributed by atoms with Crippen LogP contribution in [-0.2, 0) is 6.18 Å². The second kappa shape index (κ2) is 9.66. The summed E-state index contributed by atoms with van der Waals surface area (Å²) in [4.78, 5) is 16.4. The third-order valence-corrected chi connectivity index (χ3v) is 5.99. The van der Waals surface area contributed by atoms with E-state index in [1.807, 2.05) is 0 Å². The molecule has 0 aromatic carbocycles. The third-order valence-electron chi connectivity index (χ3n) is 5.99. The van der Waals surface area contributed by atoms with Crippen molar-refractivity contribution in [3.05, 3.63) is 35.7 Å². The number of alkyl halides is 5. The monoisotopic (exact) mass is 481 g/mol. The Morgan fingerprint density at radius 1 is 1.18 bits per heavy atom. The number of likely N-dealkylation sites (tertiary alicyclic amines) is 1. The van der Waals surface area contributed by atoms with Gasteiger partial charge in [-0.2, -0.15) is 23.4 Å². The number of rotatable bonds is 6. The molecule has 182 valence electrons. The summed E-state index contributed by atoms with van der Waals surface area (Å²) in [6, 6.07) is 5.51. The van der Waals surface area contributed by atoms with Crippen LogP contribution in [0.1, 0.15) is 42.9 Å². The Balaban J connectivity index is 1.63. The molecule has 0 bridgehead atoms. The van der Waals surface area contributed by atoms with Crippen LogP contribution in [0, 0.1) is 11.3 Å². The fourth-order valence-electron chi connectivity index (χ4n) is 4.29. The Morgan fingerprint density at radius 2 is 2.00 bits per heavy atom. The molecule has 12 heteroatoms. The van der Waals surface area contributed by atoms with E-state index in [4.69, 9.17) is 5.26 Å². The van der Waals surface area contributed by atoms with E-state index in [2.05, 4.69) is 31.2 Å². The Labute approximate surface area is 193 Å². The summed E-state index contributed by atoms with van der Waals surface area (Å²) in [5, 5.41) is 11.7. The molecule has 2 aromatic rings. The predicted octanol–water partition coefficient (Wildman–Crippen LogP) is 4.57. The van der Waals surface area contributed by atoms with E-state index in [0.717, 1.165) is 37.7 Å². The van der Waals surface area contributed by atoms with Crippen LogP contribution in [0.15, 0.2) is 24.4 Å². The van der Waals surface area contributed by atoms with E-state index < -0.39 is 24.2 Å². The van der Waals surface area contributed by atoms with Crippen molar-refractivity contribution < 1.29 is 22.0 Å². The Morgan fingerprint density at radius 3 is 2.71 bits per heavy atom. The molecule has 2 fully saturated rings. The number of nitrogens with zero attached hydrogens (tertiary/aromatic N) is 6. The Kier molecular flexibility index (Phi) is 6.84. The minimum absolute atomic E-state index is 0.0210. The topological polar surface area (TPSA) is 81.0 Å². The summed E-state index contributed by atoms with van der Waals surface area (Å²) in [6.07, 6.45) is -1.70. The Bertz CT molecular complexity index is 1050. The van der Waals surface area contributed by atoms with Crippen LogP contribution >= 0.6 is 0 Å². The predicted molar refractivity (Wildman–Crippen MR) is 115 cm³/mol. The van der Waals surface area contributed by atoms with Gasteiger partial charge >= 0.3 is 6.18 Å². The minimum atomic E-state index is -4.53. The zero-order valence-electron chi connectivity index (χ0n) is 18.3. The summed E-state index contributed by atoms with van der Waals surface area (Å²) in [6.45, 7) is 1.69. The fraction of sp³-hybridized carbons (Fsp3) is 0.545. The number of nitriles is 1. The van der Waals surface area contributed by atoms with Crippen molar-refractivity contribution in [2.24, 2.45) is 0 Å². The van der Waals surface area contributed by atoms with Crippen LogP contribution in [-0.4, -0.2) is 58.5 Å². The number of hydrogen-bond donors (Lipinski definition) is 1. The normalized spacial score (nSPS) is 20.8. The lowest BCUT2D eigenvalue weighted by Crippen LogP contribution is -2.35. The van der Waals surface area contributed by atoms with Crippen LogP contribution < -0.4 is 10.2 Å². The van der Waals surface area contributed by atoms with Crippen molar-refractivity contribution in [3.63, 3.8) is 0 Å². The number of hydrogen-bond acceptors (Lipinski definition) is 7. The first kappa shape index (κ1) is 24.1. The largest absolute Gasteiger partial charge is 0.416 e. The van der Waals surface area contributed by atoms with Crippen molar-refractivity contribution in [2.75, 3.05) is 42.9 Å². The highest BCUT2D eigenvalue weighted by atomic mass is 19.4. The van der Waals surface area contributed by atoms with Gasteiger partial charge in [-0.25, -0.2) is 18.7 Å². The number of nitrogens with one attached hydrogen (secondary N) is 1. The van der Waals surface area contributed by atoms with Crippen LogP contribution in [0.5, 0.6) is 0 Å². The molecule has 0 saturated carbocycles. The van der Waals surface area contributed by atoms with Gasteiger partial charge in [0.05, 0.1) is 23.9 Å². The zero-order chi connectivity index (χ0) is 24.3. The molecule has 4 heterocycles. The molecule has 0 amide bonds. The molecule has 1 unspecified atom stereocenters. The van der Waals surface area contributed by atoms with Crippen LogP contribution in [0.2, 0.25) is 0 Å². The van der Waals surface area contributed by atoms with Gasteiger partial charge in [0.1, 0.15) is 11.6 Å². The van der Waals surface area contributed by atoms with Gasteiger partial charge in [0.15, 0.2) is 0 Å². The van der Waals surface area contributed by atoms with Crippen molar-refractivity contribution in [3.8, 4) is 6.07 Å². The van der Waals surface area contributed by atoms with Gasteiger partial charge in [-0.1, -0.05) is 0 Å². The maximum atomic E-state index is 13.8. The summed E-state index contributed by atoms with van der Waals surface area (Å²) in [7, 11) is 0. The first-order valence-corrected chi connectivity index (χ1v) is 11.0. The summed E-state index contributed by atoms with van der Waals surface area (Å²) >= 11 is 0. The van der Waals surface area contributed by atoms with Gasteiger partial charge in [-0.3, -0.25) is 0 Å². The highest BCUT2D eigenvalue weighted by molar-refractivity contribution is 5.55. The van der Waals surface area contributed by atoms with Crippen LogP contribution in [0.3, 0.4) is 0 Å². The maximum absolute atomic E-state index is 13.8. The highest BCUT2D eigenvalue weighted by Gasteiger charge is 2.39. The van der Waals surface area contributed by atoms with Crippen molar-refractivity contribution in [1.82, 2.24) is 19.9 Å². The SMILES string of the molecule is N#CCCN1CCCC(c2cc(Nc3cc(C(F)(F)F)ccn3)nc(N3CCC(F)(F)C3)n2)C1. The van der Waals surface area contributed by atoms with E-state index in [1.165, 1.54) is 4.90 Å². The van der Waals surface area contributed by atoms with Crippen molar-refractivity contribution in [1.29, 1.82) is 5.26 Å². The number of halogens is 5. The molecule has 0 aliphatic carbocycles. The lowest BCUT2D eigenvalue weighted by molar-refractivity contribution is -0.137. The molecular weight excluding hydrogens is 457 g/mol. The van der Waals surface area contributed by atoms with E-state index in [-0.39, 0.29) is 36.5 Å². The number of pyridine rings is 1. The second-order valence-corrected chi connectivity index (χ2v) is 8.61. The molecule has 7 nitrogen and oxygen atoms in total. The molecule has 2 saturated heterocycles. The van der Waals surface area contributed by atoms with Crippen molar-refractivity contribution >= 4 is 17.6 Å². The van der Waals surface area contributed by atoms with E-state index in [0.29, 0.717) is 25.2 Å². The van der Waals surface area contributed by atoms with Gasteiger partial charge in [0, 0.05) is 50.7 Å². The summed E-state index contributed by atoms with van der Waals surface area (Å²) in [5.74, 6) is -2.63. The first-order valence-electron chi connectivity index (χ1n) is 11.0. The number of piperidine rings is 1.